The average molecular weight is 373 g/mol. The van der Waals surface area contributed by atoms with Crippen LogP contribution in [-0.4, -0.2) is 33.2 Å². The predicted octanol–water partition coefficient (Wildman–Crippen LogP) is 3.39. The van der Waals surface area contributed by atoms with Crippen LogP contribution in [0.25, 0.3) is 0 Å². The van der Waals surface area contributed by atoms with E-state index in [4.69, 9.17) is 14.4 Å². The van der Waals surface area contributed by atoms with Gasteiger partial charge < -0.3 is 19.7 Å². The normalized spacial score (nSPS) is 13.6. The topological polar surface area (TPSA) is 115 Å². The molecule has 1 aliphatic carbocycles. The van der Waals surface area contributed by atoms with Gasteiger partial charge in [-0.3, -0.25) is 4.79 Å². The molecule has 27 heavy (non-hydrogen) atoms. The summed E-state index contributed by atoms with van der Waals surface area (Å²) in [5.41, 5.74) is 0.433. The first-order valence-corrected chi connectivity index (χ1v) is 9.08. The van der Waals surface area contributed by atoms with Gasteiger partial charge in [0.1, 0.15) is 5.75 Å². The minimum atomic E-state index is -1.07. The molecule has 1 fully saturated rings. The fraction of sp³-hybridized carbons (Fsp3) is 0.474. The number of nitrogens with one attached hydrogen (secondary N) is 1. The van der Waals surface area contributed by atoms with Crippen molar-refractivity contribution in [3.8, 4) is 5.75 Å². The Bertz CT molecular complexity index is 827. The number of benzene rings is 1. The molecule has 0 bridgehead atoms. The minimum Gasteiger partial charge on any atom is -0.489 e. The molecule has 0 spiro atoms. The number of nitrogens with zero attached hydrogens (tertiary/aromatic N) is 2. The van der Waals surface area contributed by atoms with E-state index in [0.29, 0.717) is 36.1 Å². The van der Waals surface area contributed by atoms with Crippen LogP contribution in [0.4, 0.5) is 5.69 Å². The molecule has 0 unspecified atom stereocenters. The summed E-state index contributed by atoms with van der Waals surface area (Å²) in [6.07, 6.45) is 3.44. The molecule has 0 aliphatic heterocycles. The summed E-state index contributed by atoms with van der Waals surface area (Å²) < 4.78 is 10.8. The van der Waals surface area contributed by atoms with Crippen molar-refractivity contribution in [3.05, 3.63) is 35.5 Å². The first-order valence-electron chi connectivity index (χ1n) is 9.08. The van der Waals surface area contributed by atoms with Gasteiger partial charge in [-0.1, -0.05) is 5.16 Å². The number of carbonyl (C=O) groups excluding carboxylic acids is 1. The van der Waals surface area contributed by atoms with Crippen molar-refractivity contribution in [2.24, 2.45) is 0 Å². The van der Waals surface area contributed by atoms with Crippen LogP contribution in [0.5, 0.6) is 5.75 Å². The van der Waals surface area contributed by atoms with Gasteiger partial charge >= 0.3 is 5.97 Å². The van der Waals surface area contributed by atoms with Gasteiger partial charge in [-0.05, 0) is 51.3 Å². The highest BCUT2D eigenvalue weighted by molar-refractivity contribution is 5.95. The van der Waals surface area contributed by atoms with Crippen LogP contribution in [0.15, 0.2) is 22.7 Å². The number of aromatic carboxylic acids is 1. The fourth-order valence-electron chi connectivity index (χ4n) is 2.61. The predicted molar refractivity (Wildman–Crippen MR) is 97.0 cm³/mol. The third-order valence-corrected chi connectivity index (χ3v) is 4.08. The van der Waals surface area contributed by atoms with E-state index in [1.807, 2.05) is 13.8 Å². The summed E-state index contributed by atoms with van der Waals surface area (Å²) in [5.74, 6) is 0.885. The Labute approximate surface area is 156 Å². The van der Waals surface area contributed by atoms with Crippen molar-refractivity contribution in [3.63, 3.8) is 0 Å². The lowest BCUT2D eigenvalue weighted by molar-refractivity contribution is -0.116. The zero-order valence-corrected chi connectivity index (χ0v) is 15.4. The molecular formula is C19H23N3O5. The minimum absolute atomic E-state index is 0.0832. The maximum atomic E-state index is 12.3. The van der Waals surface area contributed by atoms with E-state index in [1.165, 1.54) is 12.1 Å². The van der Waals surface area contributed by atoms with Gasteiger partial charge in [0.25, 0.3) is 0 Å². The summed E-state index contributed by atoms with van der Waals surface area (Å²) in [6, 6.07) is 4.40. The molecule has 1 saturated carbocycles. The highest BCUT2D eigenvalue weighted by Gasteiger charge is 2.28. The van der Waals surface area contributed by atoms with Crippen molar-refractivity contribution in [2.75, 3.05) is 5.32 Å². The van der Waals surface area contributed by atoms with Crippen molar-refractivity contribution < 1.29 is 24.0 Å². The average Bonchev–Trinajstić information content (AvgIpc) is 3.35. The summed E-state index contributed by atoms with van der Waals surface area (Å²) >= 11 is 0. The Hall–Kier alpha value is -2.90. The largest absolute Gasteiger partial charge is 0.489 e. The first-order chi connectivity index (χ1) is 12.9. The number of anilines is 1. The summed E-state index contributed by atoms with van der Waals surface area (Å²) in [7, 11) is 0. The Morgan fingerprint density at radius 3 is 2.81 bits per heavy atom. The van der Waals surface area contributed by atoms with E-state index < -0.39 is 5.97 Å². The van der Waals surface area contributed by atoms with Crippen LogP contribution in [-0.2, 0) is 11.2 Å². The monoisotopic (exact) mass is 373 g/mol. The lowest BCUT2D eigenvalue weighted by atomic mass is 10.1. The second kappa shape index (κ2) is 8.20. The summed E-state index contributed by atoms with van der Waals surface area (Å²) in [6.45, 7) is 3.72. The van der Waals surface area contributed by atoms with Crippen LogP contribution < -0.4 is 10.1 Å². The van der Waals surface area contributed by atoms with Gasteiger partial charge in [0.15, 0.2) is 5.82 Å². The maximum Gasteiger partial charge on any atom is 0.335 e. The van der Waals surface area contributed by atoms with E-state index in [9.17, 15) is 9.59 Å². The SMILES string of the molecule is CC(C)Oc1ccc(C(=O)O)cc1NC(=O)CCCc1nc(C2CC2)no1. The number of hydrogen-bond donors (Lipinski definition) is 2. The molecular weight excluding hydrogens is 350 g/mol. The fourth-order valence-corrected chi connectivity index (χ4v) is 2.61. The number of aryl methyl sites for hydroxylation is 1. The van der Waals surface area contributed by atoms with Gasteiger partial charge in [0.05, 0.1) is 17.4 Å². The molecule has 2 aromatic rings. The van der Waals surface area contributed by atoms with E-state index in [0.717, 1.165) is 18.7 Å². The Kier molecular flexibility index (Phi) is 5.73. The van der Waals surface area contributed by atoms with Crippen molar-refractivity contribution in [2.45, 2.75) is 58.0 Å². The first kappa shape index (κ1) is 18.9. The molecule has 1 amide bonds. The van der Waals surface area contributed by atoms with Crippen molar-refractivity contribution >= 4 is 17.6 Å². The summed E-state index contributed by atoms with van der Waals surface area (Å²) in [5, 5.41) is 15.8. The Balaban J connectivity index is 1.56. The standard InChI is InChI=1S/C19H23N3O5/c1-11(2)26-15-9-8-13(19(24)25)10-14(15)20-16(23)4-3-5-17-21-18(22-27-17)12-6-7-12/h8-12H,3-7H2,1-2H3,(H,20,23)(H,24,25). The van der Waals surface area contributed by atoms with E-state index in [1.54, 1.807) is 6.07 Å². The molecule has 1 aromatic carbocycles. The molecule has 1 aliphatic rings. The van der Waals surface area contributed by atoms with Gasteiger partial charge in [-0.2, -0.15) is 4.98 Å². The molecule has 8 nitrogen and oxygen atoms in total. The van der Waals surface area contributed by atoms with Gasteiger partial charge in [-0.15, -0.1) is 0 Å². The molecule has 0 radical (unpaired) electrons. The number of rotatable bonds is 9. The highest BCUT2D eigenvalue weighted by atomic mass is 16.5. The zero-order valence-electron chi connectivity index (χ0n) is 15.4. The second-order valence-electron chi connectivity index (χ2n) is 6.91. The van der Waals surface area contributed by atoms with Crippen LogP contribution in [0.1, 0.15) is 67.5 Å². The van der Waals surface area contributed by atoms with Crippen LogP contribution >= 0.6 is 0 Å². The highest BCUT2D eigenvalue weighted by Crippen LogP contribution is 2.38. The third-order valence-electron chi connectivity index (χ3n) is 4.08. The molecule has 0 atom stereocenters. The molecule has 1 heterocycles. The van der Waals surface area contributed by atoms with E-state index in [2.05, 4.69) is 15.5 Å². The summed E-state index contributed by atoms with van der Waals surface area (Å²) in [4.78, 5) is 27.8. The van der Waals surface area contributed by atoms with Crippen LogP contribution in [0.3, 0.4) is 0 Å². The van der Waals surface area contributed by atoms with E-state index >= 15 is 0 Å². The van der Waals surface area contributed by atoms with Gasteiger partial charge in [-0.25, -0.2) is 4.79 Å². The number of carbonyl (C=O) groups is 2. The molecule has 1 aromatic heterocycles. The molecule has 144 valence electrons. The number of ether oxygens (including phenoxy) is 1. The quantitative estimate of drug-likeness (QED) is 0.692. The number of hydrogen-bond acceptors (Lipinski definition) is 6. The second-order valence-corrected chi connectivity index (χ2v) is 6.91. The molecule has 3 rings (SSSR count). The van der Waals surface area contributed by atoms with Crippen molar-refractivity contribution in [1.29, 1.82) is 0 Å². The number of amides is 1. The Morgan fingerprint density at radius 1 is 1.37 bits per heavy atom. The van der Waals surface area contributed by atoms with Gasteiger partial charge in [0, 0.05) is 18.8 Å². The lowest BCUT2D eigenvalue weighted by Gasteiger charge is -2.15. The number of carboxylic acids is 1. The van der Waals surface area contributed by atoms with Crippen LogP contribution in [0, 0.1) is 0 Å². The van der Waals surface area contributed by atoms with Crippen molar-refractivity contribution in [1.82, 2.24) is 10.1 Å². The maximum absolute atomic E-state index is 12.3. The Morgan fingerprint density at radius 2 is 2.15 bits per heavy atom. The lowest BCUT2D eigenvalue weighted by Crippen LogP contribution is -2.15. The van der Waals surface area contributed by atoms with Gasteiger partial charge in [0.2, 0.25) is 11.8 Å². The molecule has 2 N–H and O–H groups in total. The molecule has 0 saturated heterocycles. The van der Waals surface area contributed by atoms with E-state index in [-0.39, 0.29) is 24.0 Å². The smallest absolute Gasteiger partial charge is 0.335 e. The number of aromatic nitrogens is 2. The zero-order chi connectivity index (χ0) is 19.4. The number of carboxylic acid groups (broad SMARTS) is 1. The third kappa shape index (κ3) is 5.29. The molecule has 8 heteroatoms. The van der Waals surface area contributed by atoms with Crippen LogP contribution in [0.2, 0.25) is 0 Å².